The number of nitrogens with one attached hydrogen (secondary N) is 2. The van der Waals surface area contributed by atoms with E-state index in [9.17, 15) is 18.0 Å². The smallest absolute Gasteiger partial charge is 0.361 e. The summed E-state index contributed by atoms with van der Waals surface area (Å²) in [6, 6.07) is 12.1. The number of hydrogen-bond donors (Lipinski definition) is 2. The third kappa shape index (κ3) is 3.84. The van der Waals surface area contributed by atoms with Crippen LogP contribution in [0.4, 0.5) is 13.2 Å². The summed E-state index contributed by atoms with van der Waals surface area (Å²) in [6.07, 6.45) is -2.36. The van der Waals surface area contributed by atoms with E-state index >= 15 is 0 Å². The zero-order chi connectivity index (χ0) is 18.0. The van der Waals surface area contributed by atoms with Crippen LogP contribution in [0.5, 0.6) is 0 Å². The molecule has 0 spiro atoms. The second-order valence-corrected chi connectivity index (χ2v) is 5.95. The summed E-state index contributed by atoms with van der Waals surface area (Å²) < 4.78 is 37.8. The van der Waals surface area contributed by atoms with Crippen molar-refractivity contribution in [3.05, 3.63) is 71.4 Å². The highest BCUT2D eigenvalue weighted by Crippen LogP contribution is 2.30. The summed E-state index contributed by atoms with van der Waals surface area (Å²) in [6.45, 7) is 1.75. The Kier molecular flexibility index (Phi) is 4.53. The van der Waals surface area contributed by atoms with E-state index in [1.54, 1.807) is 13.1 Å². The van der Waals surface area contributed by atoms with Crippen molar-refractivity contribution in [1.29, 1.82) is 0 Å². The van der Waals surface area contributed by atoms with E-state index in [0.29, 0.717) is 5.56 Å². The molecule has 0 saturated carbocycles. The van der Waals surface area contributed by atoms with Gasteiger partial charge in [0.1, 0.15) is 0 Å². The molecule has 1 unspecified atom stereocenters. The Balaban J connectivity index is 1.66. The standard InChI is InChI=1S/C19H17F3N2O/c1-12(13-6-8-15(9-7-13)19(20,21)22)24-18(25)10-14-11-23-17-5-3-2-4-16(14)17/h2-9,11-12,23H,10H2,1H3,(H,24,25). The topological polar surface area (TPSA) is 44.9 Å². The van der Waals surface area contributed by atoms with E-state index in [4.69, 9.17) is 0 Å². The fourth-order valence-corrected chi connectivity index (χ4v) is 2.79. The van der Waals surface area contributed by atoms with Gasteiger partial charge in [0.15, 0.2) is 0 Å². The minimum atomic E-state index is -4.36. The van der Waals surface area contributed by atoms with E-state index in [1.165, 1.54) is 12.1 Å². The molecular formula is C19H17F3N2O. The van der Waals surface area contributed by atoms with Crippen molar-refractivity contribution in [2.45, 2.75) is 25.6 Å². The van der Waals surface area contributed by atoms with Crippen molar-refractivity contribution < 1.29 is 18.0 Å². The second-order valence-electron chi connectivity index (χ2n) is 5.95. The Morgan fingerprint density at radius 3 is 2.48 bits per heavy atom. The third-order valence-corrected chi connectivity index (χ3v) is 4.14. The van der Waals surface area contributed by atoms with Crippen LogP contribution >= 0.6 is 0 Å². The molecular weight excluding hydrogens is 329 g/mol. The summed E-state index contributed by atoms with van der Waals surface area (Å²) in [5.74, 6) is -0.183. The lowest BCUT2D eigenvalue weighted by Crippen LogP contribution is -2.28. The van der Waals surface area contributed by atoms with Crippen LogP contribution in [0.15, 0.2) is 54.7 Å². The highest BCUT2D eigenvalue weighted by atomic mass is 19.4. The first-order chi connectivity index (χ1) is 11.8. The van der Waals surface area contributed by atoms with E-state index in [0.717, 1.165) is 28.6 Å². The molecule has 130 valence electrons. The second kappa shape index (κ2) is 6.63. The molecule has 2 aromatic carbocycles. The van der Waals surface area contributed by atoms with Gasteiger partial charge in [-0.2, -0.15) is 13.2 Å². The monoisotopic (exact) mass is 346 g/mol. The molecule has 0 radical (unpaired) electrons. The normalized spacial score (nSPS) is 13.0. The molecule has 3 rings (SSSR count). The van der Waals surface area contributed by atoms with Crippen LogP contribution in [0.3, 0.4) is 0 Å². The van der Waals surface area contributed by atoms with Gasteiger partial charge in [0.05, 0.1) is 18.0 Å². The lowest BCUT2D eigenvalue weighted by Gasteiger charge is -2.15. The minimum Gasteiger partial charge on any atom is -0.361 e. The number of aromatic amines is 1. The van der Waals surface area contributed by atoms with Crippen molar-refractivity contribution in [3.8, 4) is 0 Å². The summed E-state index contributed by atoms with van der Waals surface area (Å²) in [5.41, 5.74) is 1.77. The molecule has 2 N–H and O–H groups in total. The van der Waals surface area contributed by atoms with Crippen LogP contribution in [0.25, 0.3) is 10.9 Å². The van der Waals surface area contributed by atoms with Gasteiger partial charge in [0, 0.05) is 17.1 Å². The quantitative estimate of drug-likeness (QED) is 0.712. The maximum atomic E-state index is 12.6. The zero-order valence-corrected chi connectivity index (χ0v) is 13.5. The molecule has 0 saturated heterocycles. The number of hydrogen-bond acceptors (Lipinski definition) is 1. The van der Waals surface area contributed by atoms with E-state index in [1.807, 2.05) is 24.3 Å². The highest BCUT2D eigenvalue weighted by Gasteiger charge is 2.30. The summed E-state index contributed by atoms with van der Waals surface area (Å²) in [4.78, 5) is 15.4. The Labute approximate surface area is 142 Å². The lowest BCUT2D eigenvalue weighted by molar-refractivity contribution is -0.137. The number of fused-ring (bicyclic) bond motifs is 1. The molecule has 6 heteroatoms. The molecule has 1 atom stereocenters. The Bertz CT molecular complexity index is 882. The number of para-hydroxylation sites is 1. The Morgan fingerprint density at radius 2 is 1.80 bits per heavy atom. The first-order valence-corrected chi connectivity index (χ1v) is 7.86. The molecule has 1 heterocycles. The Morgan fingerprint density at radius 1 is 1.12 bits per heavy atom. The fraction of sp³-hybridized carbons (Fsp3) is 0.211. The van der Waals surface area contributed by atoms with Gasteiger partial charge in [0.25, 0.3) is 0 Å². The molecule has 0 fully saturated rings. The number of alkyl halides is 3. The van der Waals surface area contributed by atoms with Crippen LogP contribution in [0, 0.1) is 0 Å². The number of aromatic nitrogens is 1. The van der Waals surface area contributed by atoms with Gasteiger partial charge in [-0.25, -0.2) is 0 Å². The van der Waals surface area contributed by atoms with Gasteiger partial charge in [-0.1, -0.05) is 30.3 Å². The SMILES string of the molecule is CC(NC(=O)Cc1c[nH]c2ccccc12)c1ccc(C(F)(F)F)cc1. The molecule has 25 heavy (non-hydrogen) atoms. The molecule has 3 nitrogen and oxygen atoms in total. The van der Waals surface area contributed by atoms with Crippen LogP contribution in [0.2, 0.25) is 0 Å². The third-order valence-electron chi connectivity index (χ3n) is 4.14. The van der Waals surface area contributed by atoms with E-state index in [-0.39, 0.29) is 18.4 Å². The first-order valence-electron chi connectivity index (χ1n) is 7.86. The van der Waals surface area contributed by atoms with Gasteiger partial charge < -0.3 is 10.3 Å². The molecule has 0 aliphatic rings. The number of amides is 1. The number of benzene rings is 2. The molecule has 1 aromatic heterocycles. The van der Waals surface area contributed by atoms with Crippen LogP contribution < -0.4 is 5.32 Å². The largest absolute Gasteiger partial charge is 0.416 e. The van der Waals surface area contributed by atoms with E-state index < -0.39 is 11.7 Å². The number of rotatable bonds is 4. The van der Waals surface area contributed by atoms with Gasteiger partial charge >= 0.3 is 6.18 Å². The van der Waals surface area contributed by atoms with Crippen molar-refractivity contribution in [2.75, 3.05) is 0 Å². The number of halogens is 3. The number of H-pyrrole nitrogens is 1. The van der Waals surface area contributed by atoms with Crippen LogP contribution in [-0.2, 0) is 17.4 Å². The Hall–Kier alpha value is -2.76. The summed E-state index contributed by atoms with van der Waals surface area (Å²) in [5, 5.41) is 3.81. The summed E-state index contributed by atoms with van der Waals surface area (Å²) in [7, 11) is 0. The van der Waals surface area contributed by atoms with Crippen LogP contribution in [-0.4, -0.2) is 10.9 Å². The predicted octanol–water partition coefficient (Wildman–Crippen LogP) is 4.61. The van der Waals surface area contributed by atoms with Crippen molar-refractivity contribution in [1.82, 2.24) is 10.3 Å². The fourth-order valence-electron chi connectivity index (χ4n) is 2.79. The van der Waals surface area contributed by atoms with Gasteiger partial charge in [-0.15, -0.1) is 0 Å². The van der Waals surface area contributed by atoms with Crippen molar-refractivity contribution in [3.63, 3.8) is 0 Å². The van der Waals surface area contributed by atoms with Gasteiger partial charge in [-0.3, -0.25) is 4.79 Å². The highest BCUT2D eigenvalue weighted by molar-refractivity contribution is 5.88. The molecule has 0 bridgehead atoms. The average molecular weight is 346 g/mol. The molecule has 1 amide bonds. The van der Waals surface area contributed by atoms with Crippen LogP contribution in [0.1, 0.15) is 29.7 Å². The molecule has 3 aromatic rings. The number of carbonyl (C=O) groups excluding carboxylic acids is 1. The van der Waals surface area contributed by atoms with E-state index in [2.05, 4.69) is 10.3 Å². The zero-order valence-electron chi connectivity index (χ0n) is 13.5. The van der Waals surface area contributed by atoms with Gasteiger partial charge in [0.2, 0.25) is 5.91 Å². The predicted molar refractivity (Wildman–Crippen MR) is 90.0 cm³/mol. The summed E-state index contributed by atoms with van der Waals surface area (Å²) >= 11 is 0. The molecule has 0 aliphatic carbocycles. The molecule has 0 aliphatic heterocycles. The maximum Gasteiger partial charge on any atom is 0.416 e. The lowest BCUT2D eigenvalue weighted by atomic mass is 10.0. The first kappa shape index (κ1) is 17.1. The average Bonchev–Trinajstić information content (AvgIpc) is 2.97. The van der Waals surface area contributed by atoms with Crippen molar-refractivity contribution in [2.24, 2.45) is 0 Å². The maximum absolute atomic E-state index is 12.6. The minimum absolute atomic E-state index is 0.183. The number of carbonyl (C=O) groups is 1. The van der Waals surface area contributed by atoms with Crippen molar-refractivity contribution >= 4 is 16.8 Å². The van der Waals surface area contributed by atoms with Gasteiger partial charge in [-0.05, 0) is 36.2 Å².